The van der Waals surface area contributed by atoms with Crippen molar-refractivity contribution in [2.45, 2.75) is 50.5 Å². The lowest BCUT2D eigenvalue weighted by Crippen LogP contribution is -2.49. The Morgan fingerprint density at radius 2 is 1.84 bits per heavy atom. The van der Waals surface area contributed by atoms with Crippen LogP contribution >= 0.6 is 11.6 Å². The number of halogens is 1. The fourth-order valence-electron chi connectivity index (χ4n) is 4.02. The third-order valence-electron chi connectivity index (χ3n) is 5.87. The van der Waals surface area contributed by atoms with Crippen molar-refractivity contribution in [2.75, 3.05) is 0 Å². The summed E-state index contributed by atoms with van der Waals surface area (Å²) in [5.41, 5.74) is 0.284. The van der Waals surface area contributed by atoms with Gasteiger partial charge in [-0.2, -0.15) is 0 Å². The number of rotatable bonds is 3. The molecule has 3 N–H and O–H groups in total. The number of benzene rings is 2. The molecule has 38 heavy (non-hydrogen) atoms. The number of para-hydroxylation sites is 2. The number of carboxylic acid groups (broad SMARTS) is 1. The normalized spacial score (nSPS) is 19.8. The highest BCUT2D eigenvalue weighted by Gasteiger charge is 2.37. The van der Waals surface area contributed by atoms with E-state index in [0.29, 0.717) is 35.1 Å². The molecule has 1 aliphatic heterocycles. The van der Waals surface area contributed by atoms with Crippen LogP contribution in [-0.2, 0) is 4.79 Å². The number of aromatic nitrogens is 2. The van der Waals surface area contributed by atoms with Gasteiger partial charge in [0.1, 0.15) is 5.60 Å². The zero-order valence-corrected chi connectivity index (χ0v) is 21.3. The molecule has 2 heterocycles. The number of nitrogens with one attached hydrogen (secondary N) is 1. The lowest BCUT2D eigenvalue weighted by Gasteiger charge is -2.33. The first-order chi connectivity index (χ1) is 18.2. The quantitative estimate of drug-likeness (QED) is 0.432. The second kappa shape index (κ2) is 11.9. The van der Waals surface area contributed by atoms with E-state index in [9.17, 15) is 14.7 Å². The summed E-state index contributed by atoms with van der Waals surface area (Å²) in [5.74, 6) is 5.65. The molecule has 5 rings (SSSR count). The predicted molar refractivity (Wildman–Crippen MR) is 139 cm³/mol. The Labute approximate surface area is 224 Å². The third-order valence-corrected chi connectivity index (χ3v) is 6.10. The number of carboxylic acids is 1. The van der Waals surface area contributed by atoms with Crippen LogP contribution in [0.3, 0.4) is 0 Å². The summed E-state index contributed by atoms with van der Waals surface area (Å²) in [5, 5.41) is 22.8. The zero-order valence-electron chi connectivity index (χ0n) is 20.6. The Morgan fingerprint density at radius 1 is 1.11 bits per heavy atom. The number of aliphatic hydroxyl groups is 1. The van der Waals surface area contributed by atoms with E-state index >= 15 is 0 Å². The summed E-state index contributed by atoms with van der Waals surface area (Å²) < 4.78 is 11.1. The van der Waals surface area contributed by atoms with E-state index in [1.807, 2.05) is 24.3 Å². The average Bonchev–Trinajstić information content (AvgIpc) is 3.33. The fourth-order valence-corrected chi connectivity index (χ4v) is 4.21. The second-order valence-corrected chi connectivity index (χ2v) is 9.39. The number of amides is 1. The smallest absolute Gasteiger partial charge is 0.356 e. The highest BCUT2D eigenvalue weighted by atomic mass is 35.5. The molecule has 2 aromatic carbocycles. The van der Waals surface area contributed by atoms with Crippen molar-refractivity contribution < 1.29 is 29.3 Å². The molecule has 1 aliphatic carbocycles. The van der Waals surface area contributed by atoms with Crippen LogP contribution in [0.2, 0.25) is 5.02 Å². The van der Waals surface area contributed by atoms with Gasteiger partial charge in [0.05, 0.1) is 11.9 Å². The molecule has 3 aromatic rings. The van der Waals surface area contributed by atoms with E-state index < -0.39 is 17.9 Å². The molecule has 1 fully saturated rings. The fraction of sp³-hybridized carbons (Fsp3) is 0.286. The van der Waals surface area contributed by atoms with Crippen molar-refractivity contribution in [2.24, 2.45) is 0 Å². The predicted octanol–water partition coefficient (Wildman–Crippen LogP) is 3.76. The molecule has 2 atom stereocenters. The molecule has 0 unspecified atom stereocenters. The minimum absolute atomic E-state index is 0.0226. The van der Waals surface area contributed by atoms with Gasteiger partial charge < -0.3 is 25.0 Å². The van der Waals surface area contributed by atoms with Gasteiger partial charge in [0, 0.05) is 29.2 Å². The Balaban J connectivity index is 0.000000283. The lowest BCUT2D eigenvalue weighted by molar-refractivity contribution is -0.138. The van der Waals surface area contributed by atoms with Crippen molar-refractivity contribution >= 4 is 23.5 Å². The van der Waals surface area contributed by atoms with Crippen LogP contribution in [0.25, 0.3) is 0 Å². The monoisotopic (exact) mass is 535 g/mol. The highest BCUT2D eigenvalue weighted by Crippen LogP contribution is 2.34. The molecule has 196 valence electrons. The molecule has 9 nitrogen and oxygen atoms in total. The van der Waals surface area contributed by atoms with E-state index in [1.54, 1.807) is 31.2 Å². The summed E-state index contributed by atoms with van der Waals surface area (Å²) >= 11 is 5.98. The number of nitrogens with zero attached hydrogens (tertiary/aromatic N) is 2. The molecule has 10 heteroatoms. The first-order valence-electron chi connectivity index (χ1n) is 12.0. The number of hydrogen-bond acceptors (Lipinski definition) is 7. The standard InChI is InChI=1S/C22H20ClNO4.C6H6N2O2/c23-16-6-3-5-15(13-16)10-12-22(26)11-4-7-17(14-22)24-20(25)21-27-18-8-1-2-9-19(18)28-21;1-4-2-8-5(3-7-4)6(9)10/h1-3,5-6,8-9,13,17,21,26H,4,7,11,14H2,(H,24,25);2-3H,1H3,(H,9,10)/t17-,22+;/m0./s1. The highest BCUT2D eigenvalue weighted by molar-refractivity contribution is 6.30. The SMILES string of the molecule is Cc1cnc(C(=O)O)cn1.O=C(N[C@H]1CCC[C@@](O)(C#Cc2cccc(Cl)c2)C1)C1Oc2ccccc2O1. The molecule has 1 amide bonds. The maximum absolute atomic E-state index is 12.5. The molecule has 2 aliphatic rings. The van der Waals surface area contributed by atoms with E-state index in [0.717, 1.165) is 18.4 Å². The second-order valence-electron chi connectivity index (χ2n) is 8.96. The lowest BCUT2D eigenvalue weighted by atomic mass is 9.82. The largest absolute Gasteiger partial charge is 0.476 e. The summed E-state index contributed by atoms with van der Waals surface area (Å²) in [6.45, 7) is 1.75. The summed E-state index contributed by atoms with van der Waals surface area (Å²) in [7, 11) is 0. The van der Waals surface area contributed by atoms with Crippen LogP contribution in [-0.4, -0.2) is 50.0 Å². The Hall–Kier alpha value is -4.13. The van der Waals surface area contributed by atoms with Gasteiger partial charge in [-0.3, -0.25) is 9.78 Å². The Morgan fingerprint density at radius 3 is 2.47 bits per heavy atom. The maximum atomic E-state index is 12.5. The van der Waals surface area contributed by atoms with Crippen molar-refractivity contribution in [3.8, 4) is 23.3 Å². The number of fused-ring (bicyclic) bond motifs is 1. The van der Waals surface area contributed by atoms with Gasteiger partial charge >= 0.3 is 18.2 Å². The van der Waals surface area contributed by atoms with Crippen LogP contribution in [0.4, 0.5) is 0 Å². The molecule has 0 spiro atoms. The Bertz CT molecular complexity index is 1350. The third kappa shape index (κ3) is 7.22. The summed E-state index contributed by atoms with van der Waals surface area (Å²) in [6, 6.07) is 14.2. The molecule has 1 aromatic heterocycles. The zero-order chi connectivity index (χ0) is 27.1. The molecule has 0 saturated heterocycles. The van der Waals surface area contributed by atoms with Crippen molar-refractivity contribution in [1.29, 1.82) is 0 Å². The topological polar surface area (TPSA) is 131 Å². The number of carbonyl (C=O) groups is 2. The van der Waals surface area contributed by atoms with Crippen LogP contribution < -0.4 is 14.8 Å². The van der Waals surface area contributed by atoms with Gasteiger partial charge in [0.2, 0.25) is 0 Å². The first kappa shape index (κ1) is 26.9. The van der Waals surface area contributed by atoms with Gasteiger partial charge in [-0.05, 0) is 56.5 Å². The van der Waals surface area contributed by atoms with E-state index in [1.165, 1.54) is 12.4 Å². The van der Waals surface area contributed by atoms with Crippen LogP contribution in [0.1, 0.15) is 47.4 Å². The van der Waals surface area contributed by atoms with Gasteiger partial charge in [-0.1, -0.05) is 41.6 Å². The van der Waals surface area contributed by atoms with Crippen molar-refractivity contribution in [1.82, 2.24) is 15.3 Å². The first-order valence-corrected chi connectivity index (χ1v) is 12.3. The van der Waals surface area contributed by atoms with E-state index in [2.05, 4.69) is 27.1 Å². The van der Waals surface area contributed by atoms with Crippen LogP contribution in [0.5, 0.6) is 11.5 Å². The molecule has 0 bridgehead atoms. The molecular weight excluding hydrogens is 510 g/mol. The number of aryl methyl sites for hydroxylation is 1. The van der Waals surface area contributed by atoms with E-state index in [-0.39, 0.29) is 17.6 Å². The average molecular weight is 536 g/mol. The van der Waals surface area contributed by atoms with Gasteiger partial charge in [0.15, 0.2) is 17.2 Å². The Kier molecular flexibility index (Phi) is 8.46. The molecule has 1 saturated carbocycles. The number of ether oxygens (including phenoxy) is 2. The molecular formula is C28H26ClN3O6. The van der Waals surface area contributed by atoms with E-state index in [4.69, 9.17) is 26.2 Å². The van der Waals surface area contributed by atoms with Gasteiger partial charge in [-0.25, -0.2) is 9.78 Å². The van der Waals surface area contributed by atoms with Gasteiger partial charge in [0.25, 0.3) is 0 Å². The minimum atomic E-state index is -1.15. The number of hydrogen-bond donors (Lipinski definition) is 3. The number of aromatic carboxylic acids is 1. The van der Waals surface area contributed by atoms with Crippen molar-refractivity contribution in [3.05, 3.63) is 82.9 Å². The maximum Gasteiger partial charge on any atom is 0.356 e. The van der Waals surface area contributed by atoms with Gasteiger partial charge in [-0.15, -0.1) is 0 Å². The summed E-state index contributed by atoms with van der Waals surface area (Å²) in [6.07, 6.45) is 4.09. The minimum Gasteiger partial charge on any atom is -0.476 e. The molecule has 0 radical (unpaired) electrons. The van der Waals surface area contributed by atoms with Crippen LogP contribution in [0, 0.1) is 18.8 Å². The van der Waals surface area contributed by atoms with Crippen molar-refractivity contribution in [3.63, 3.8) is 0 Å². The van der Waals surface area contributed by atoms with Crippen LogP contribution in [0.15, 0.2) is 60.9 Å². The summed E-state index contributed by atoms with van der Waals surface area (Å²) in [4.78, 5) is 30.1. The number of carbonyl (C=O) groups excluding carboxylic acids is 1.